The molecule has 0 aliphatic carbocycles. The number of aromatic nitrogens is 2. The first-order chi connectivity index (χ1) is 14.0. The zero-order chi connectivity index (χ0) is 20.5. The number of para-hydroxylation sites is 1. The standard InChI is InChI=1S/C22H23N3O4/c1-14-7-9-24(10-8-15-11-23-18-6-4-3-5-17(15)18)20(26)19(14)21(27)25-12-16(13-25)22(28)29-2/h3-7,9,11,16,23H,8,10,12-13H2,1-2H3. The van der Waals surface area contributed by atoms with Crippen LogP contribution in [0.25, 0.3) is 10.9 Å². The fourth-order valence-corrected chi connectivity index (χ4v) is 3.80. The number of nitrogens with zero attached hydrogens (tertiary/aromatic N) is 2. The third-order valence-electron chi connectivity index (χ3n) is 5.59. The normalized spacial score (nSPS) is 14.1. The molecule has 1 aliphatic rings. The van der Waals surface area contributed by atoms with E-state index in [9.17, 15) is 14.4 Å². The van der Waals surface area contributed by atoms with Crippen molar-refractivity contribution in [1.29, 1.82) is 0 Å². The zero-order valence-corrected chi connectivity index (χ0v) is 16.5. The van der Waals surface area contributed by atoms with Crippen LogP contribution in [0.5, 0.6) is 0 Å². The number of hydrogen-bond donors (Lipinski definition) is 1. The van der Waals surface area contributed by atoms with E-state index in [-0.39, 0.29) is 42.0 Å². The van der Waals surface area contributed by atoms with E-state index < -0.39 is 0 Å². The van der Waals surface area contributed by atoms with E-state index in [1.54, 1.807) is 23.8 Å². The smallest absolute Gasteiger partial charge is 0.312 e. The van der Waals surface area contributed by atoms with E-state index >= 15 is 0 Å². The number of aryl methyl sites for hydroxylation is 3. The van der Waals surface area contributed by atoms with Crippen LogP contribution in [0.2, 0.25) is 0 Å². The van der Waals surface area contributed by atoms with Crippen LogP contribution in [0.4, 0.5) is 0 Å². The molecule has 0 atom stereocenters. The molecule has 4 rings (SSSR count). The summed E-state index contributed by atoms with van der Waals surface area (Å²) in [6.45, 7) is 2.81. The van der Waals surface area contributed by atoms with Crippen molar-refractivity contribution in [2.75, 3.05) is 20.2 Å². The number of esters is 1. The maximum absolute atomic E-state index is 13.0. The maximum atomic E-state index is 13.0. The van der Waals surface area contributed by atoms with E-state index in [4.69, 9.17) is 4.74 Å². The van der Waals surface area contributed by atoms with Crippen molar-refractivity contribution in [2.24, 2.45) is 5.92 Å². The number of amides is 1. The number of fused-ring (bicyclic) bond motifs is 1. The van der Waals surface area contributed by atoms with Crippen LogP contribution >= 0.6 is 0 Å². The molecular formula is C22H23N3O4. The number of nitrogens with one attached hydrogen (secondary N) is 1. The summed E-state index contributed by atoms with van der Waals surface area (Å²) < 4.78 is 6.29. The van der Waals surface area contributed by atoms with Crippen molar-refractivity contribution >= 4 is 22.8 Å². The molecule has 29 heavy (non-hydrogen) atoms. The average molecular weight is 393 g/mol. The van der Waals surface area contributed by atoms with Crippen molar-refractivity contribution in [3.8, 4) is 0 Å². The van der Waals surface area contributed by atoms with Gasteiger partial charge in [-0.1, -0.05) is 18.2 Å². The summed E-state index contributed by atoms with van der Waals surface area (Å²) in [7, 11) is 1.33. The van der Waals surface area contributed by atoms with E-state index in [0.29, 0.717) is 18.5 Å². The Balaban J connectivity index is 1.52. The topological polar surface area (TPSA) is 84.4 Å². The molecule has 1 aliphatic heterocycles. The second kappa shape index (κ2) is 7.58. The molecule has 0 unspecified atom stereocenters. The first-order valence-electron chi connectivity index (χ1n) is 9.61. The summed E-state index contributed by atoms with van der Waals surface area (Å²) >= 11 is 0. The van der Waals surface area contributed by atoms with Crippen molar-refractivity contribution in [3.05, 3.63) is 69.8 Å². The molecule has 0 radical (unpaired) electrons. The molecule has 0 bridgehead atoms. The molecule has 0 spiro atoms. The minimum Gasteiger partial charge on any atom is -0.469 e. The van der Waals surface area contributed by atoms with Gasteiger partial charge in [0.05, 0.1) is 13.0 Å². The van der Waals surface area contributed by atoms with Gasteiger partial charge in [-0.2, -0.15) is 0 Å². The average Bonchev–Trinajstić information content (AvgIpc) is 3.09. The Bertz CT molecular complexity index is 1140. The summed E-state index contributed by atoms with van der Waals surface area (Å²) in [5.74, 6) is -0.957. The number of likely N-dealkylation sites (tertiary alicyclic amines) is 1. The highest BCUT2D eigenvalue weighted by Crippen LogP contribution is 2.21. The molecular weight excluding hydrogens is 370 g/mol. The Morgan fingerprint density at radius 3 is 2.72 bits per heavy atom. The van der Waals surface area contributed by atoms with E-state index in [1.807, 2.05) is 24.4 Å². The van der Waals surface area contributed by atoms with Gasteiger partial charge in [0.25, 0.3) is 11.5 Å². The molecule has 2 aromatic heterocycles. The van der Waals surface area contributed by atoms with E-state index in [1.165, 1.54) is 12.0 Å². The van der Waals surface area contributed by atoms with Crippen LogP contribution in [0.15, 0.2) is 47.5 Å². The van der Waals surface area contributed by atoms with Gasteiger partial charge in [-0.25, -0.2) is 0 Å². The van der Waals surface area contributed by atoms with Gasteiger partial charge in [0.1, 0.15) is 5.56 Å². The van der Waals surface area contributed by atoms with Gasteiger partial charge in [0, 0.05) is 42.9 Å². The lowest BCUT2D eigenvalue weighted by Crippen LogP contribution is -2.54. The number of methoxy groups -OCH3 is 1. The second-order valence-electron chi connectivity index (χ2n) is 7.41. The lowest BCUT2D eigenvalue weighted by molar-refractivity contribution is -0.149. The van der Waals surface area contributed by atoms with Gasteiger partial charge in [-0.15, -0.1) is 0 Å². The van der Waals surface area contributed by atoms with Crippen LogP contribution < -0.4 is 5.56 Å². The molecule has 7 nitrogen and oxygen atoms in total. The molecule has 7 heteroatoms. The zero-order valence-electron chi connectivity index (χ0n) is 16.5. The number of carbonyl (C=O) groups excluding carboxylic acids is 2. The highest BCUT2D eigenvalue weighted by molar-refractivity contribution is 5.96. The second-order valence-corrected chi connectivity index (χ2v) is 7.41. The Hall–Kier alpha value is -3.35. The lowest BCUT2D eigenvalue weighted by atomic mass is 9.98. The molecule has 1 amide bonds. The van der Waals surface area contributed by atoms with Gasteiger partial charge in [0.15, 0.2) is 0 Å². The van der Waals surface area contributed by atoms with Crippen molar-refractivity contribution in [2.45, 2.75) is 19.9 Å². The molecule has 150 valence electrons. The first-order valence-corrected chi connectivity index (χ1v) is 9.61. The Labute approximate surface area is 167 Å². The molecule has 0 saturated carbocycles. The van der Waals surface area contributed by atoms with Crippen LogP contribution in [0, 0.1) is 12.8 Å². The Morgan fingerprint density at radius 2 is 1.97 bits per heavy atom. The van der Waals surface area contributed by atoms with Crippen LogP contribution in [0.1, 0.15) is 21.5 Å². The fraction of sp³-hybridized carbons (Fsp3) is 0.318. The van der Waals surface area contributed by atoms with Crippen molar-refractivity contribution in [1.82, 2.24) is 14.5 Å². The number of benzene rings is 1. The predicted octanol–water partition coefficient (Wildman–Crippen LogP) is 2.13. The Kier molecular flexibility index (Phi) is 4.96. The summed E-state index contributed by atoms with van der Waals surface area (Å²) in [6, 6.07) is 9.83. The van der Waals surface area contributed by atoms with E-state index in [2.05, 4.69) is 11.1 Å². The highest BCUT2D eigenvalue weighted by atomic mass is 16.5. The largest absolute Gasteiger partial charge is 0.469 e. The minimum absolute atomic E-state index is 0.176. The summed E-state index contributed by atoms with van der Waals surface area (Å²) in [5, 5.41) is 1.14. The third kappa shape index (κ3) is 3.44. The lowest BCUT2D eigenvalue weighted by Gasteiger charge is -2.37. The van der Waals surface area contributed by atoms with Gasteiger partial charge >= 0.3 is 5.97 Å². The van der Waals surface area contributed by atoms with Gasteiger partial charge < -0.3 is 19.2 Å². The van der Waals surface area contributed by atoms with Gasteiger partial charge in [-0.05, 0) is 36.6 Å². The number of H-pyrrole nitrogens is 1. The van der Waals surface area contributed by atoms with Crippen LogP contribution in [0.3, 0.4) is 0 Å². The predicted molar refractivity (Wildman–Crippen MR) is 109 cm³/mol. The molecule has 1 aromatic carbocycles. The number of pyridine rings is 1. The Morgan fingerprint density at radius 1 is 1.21 bits per heavy atom. The minimum atomic E-state index is -0.325. The van der Waals surface area contributed by atoms with Crippen LogP contribution in [-0.4, -0.2) is 46.5 Å². The molecule has 1 saturated heterocycles. The number of aromatic amines is 1. The number of rotatable bonds is 5. The fourth-order valence-electron chi connectivity index (χ4n) is 3.80. The van der Waals surface area contributed by atoms with Crippen molar-refractivity contribution in [3.63, 3.8) is 0 Å². The molecule has 3 heterocycles. The highest BCUT2D eigenvalue weighted by Gasteiger charge is 2.38. The SMILES string of the molecule is COC(=O)C1CN(C(=O)c2c(C)ccn(CCc3c[nH]c4ccccc34)c2=O)C1. The molecule has 1 fully saturated rings. The monoisotopic (exact) mass is 393 g/mol. The maximum Gasteiger partial charge on any atom is 0.312 e. The van der Waals surface area contributed by atoms with E-state index in [0.717, 1.165) is 16.5 Å². The first kappa shape index (κ1) is 19.0. The summed E-state index contributed by atoms with van der Waals surface area (Å²) in [4.78, 5) is 42.1. The van der Waals surface area contributed by atoms with Crippen LogP contribution in [-0.2, 0) is 22.5 Å². The number of ether oxygens (including phenoxy) is 1. The number of carbonyl (C=O) groups is 2. The molecule has 1 N–H and O–H groups in total. The molecule has 3 aromatic rings. The number of hydrogen-bond acceptors (Lipinski definition) is 4. The quantitative estimate of drug-likeness (QED) is 0.673. The van der Waals surface area contributed by atoms with Gasteiger partial charge in [0.2, 0.25) is 0 Å². The summed E-state index contributed by atoms with van der Waals surface area (Å²) in [5.41, 5.74) is 2.72. The third-order valence-corrected chi connectivity index (χ3v) is 5.59. The van der Waals surface area contributed by atoms with Crippen molar-refractivity contribution < 1.29 is 14.3 Å². The van der Waals surface area contributed by atoms with Gasteiger partial charge in [-0.3, -0.25) is 14.4 Å². The summed E-state index contributed by atoms with van der Waals surface area (Å²) in [6.07, 6.45) is 4.37.